The molecule has 0 amide bonds. The highest BCUT2D eigenvalue weighted by molar-refractivity contribution is 7.92. The lowest BCUT2D eigenvalue weighted by atomic mass is 9.98. The fourth-order valence-electron chi connectivity index (χ4n) is 3.77. The summed E-state index contributed by atoms with van der Waals surface area (Å²) in [5.41, 5.74) is 1.33. The van der Waals surface area contributed by atoms with Gasteiger partial charge >= 0.3 is 5.69 Å². The molecule has 0 saturated carbocycles. The van der Waals surface area contributed by atoms with Crippen LogP contribution in [0.5, 0.6) is 0 Å². The first-order valence-corrected chi connectivity index (χ1v) is 11.4. The first kappa shape index (κ1) is 20.3. The number of nitrogens with zero attached hydrogens (tertiary/aromatic N) is 4. The third-order valence-corrected chi connectivity index (χ3v) is 6.84. The number of aryl methyl sites for hydroxylation is 1. The Morgan fingerprint density at radius 2 is 1.70 bits per heavy atom. The second-order valence-corrected chi connectivity index (χ2v) is 9.21. The van der Waals surface area contributed by atoms with E-state index in [0.717, 1.165) is 17.7 Å². The fraction of sp³-hybridized carbons (Fsp3) is 0.273. The van der Waals surface area contributed by atoms with Gasteiger partial charge in [0.1, 0.15) is 5.82 Å². The van der Waals surface area contributed by atoms with Gasteiger partial charge in [0.15, 0.2) is 0 Å². The largest absolute Gasteiger partial charge is 0.350 e. The highest BCUT2D eigenvalue weighted by Crippen LogP contribution is 2.28. The van der Waals surface area contributed by atoms with E-state index in [0.29, 0.717) is 25.3 Å². The van der Waals surface area contributed by atoms with E-state index in [1.807, 2.05) is 60.7 Å². The van der Waals surface area contributed by atoms with Crippen LogP contribution in [0.15, 0.2) is 70.9 Å². The molecule has 1 aromatic heterocycles. The van der Waals surface area contributed by atoms with E-state index in [-0.39, 0.29) is 11.6 Å². The summed E-state index contributed by atoms with van der Waals surface area (Å²) >= 11 is 0. The zero-order chi connectivity index (χ0) is 21.1. The topological polar surface area (TPSA) is 77.2 Å². The maximum absolute atomic E-state index is 12.9. The van der Waals surface area contributed by atoms with Crippen LogP contribution in [-0.4, -0.2) is 40.2 Å². The van der Waals surface area contributed by atoms with Gasteiger partial charge in [0.05, 0.1) is 5.69 Å². The molecule has 3 aromatic rings. The lowest BCUT2D eigenvalue weighted by Crippen LogP contribution is -2.39. The predicted molar refractivity (Wildman–Crippen MR) is 117 cm³/mol. The predicted octanol–water partition coefficient (Wildman–Crippen LogP) is 2.75. The average Bonchev–Trinajstić information content (AvgIpc) is 3.08. The third-order valence-electron chi connectivity index (χ3n) is 5.31. The molecule has 1 atom stereocenters. The van der Waals surface area contributed by atoms with Crippen molar-refractivity contribution in [2.24, 2.45) is 7.05 Å². The molecule has 4 rings (SSSR count). The lowest BCUT2D eigenvalue weighted by Gasteiger charge is -2.30. The molecule has 2 aromatic carbocycles. The highest BCUT2D eigenvalue weighted by atomic mass is 32.2. The second-order valence-electron chi connectivity index (χ2n) is 7.39. The molecule has 0 bridgehead atoms. The summed E-state index contributed by atoms with van der Waals surface area (Å²) in [7, 11) is -1.96. The number of piperidine rings is 1. The lowest BCUT2D eigenvalue weighted by molar-refractivity contribution is 0.310. The summed E-state index contributed by atoms with van der Waals surface area (Å²) in [6.45, 7) is 0.755. The van der Waals surface area contributed by atoms with Crippen LogP contribution in [0.1, 0.15) is 30.1 Å². The fourth-order valence-corrected chi connectivity index (χ4v) is 5.04. The van der Waals surface area contributed by atoms with Crippen LogP contribution in [-0.2, 0) is 17.1 Å². The highest BCUT2D eigenvalue weighted by Gasteiger charge is 2.32. The molecule has 0 radical (unpaired) electrons. The van der Waals surface area contributed by atoms with Gasteiger partial charge in [0.2, 0.25) is 10.0 Å². The molecular weight excluding hydrogens is 400 g/mol. The normalized spacial score (nSPS) is 18.1. The molecule has 8 heteroatoms. The maximum atomic E-state index is 12.9. The summed E-state index contributed by atoms with van der Waals surface area (Å²) in [6, 6.07) is 18.7. The minimum Gasteiger partial charge on any atom is -0.247 e. The van der Waals surface area contributed by atoms with Crippen LogP contribution in [0.25, 0.3) is 11.8 Å². The average molecular weight is 425 g/mol. The number of sulfonamides is 1. The Labute approximate surface area is 175 Å². The van der Waals surface area contributed by atoms with Crippen molar-refractivity contribution in [2.45, 2.75) is 18.8 Å². The van der Waals surface area contributed by atoms with Gasteiger partial charge in [-0.1, -0.05) is 48.5 Å². The quantitative estimate of drug-likeness (QED) is 0.631. The van der Waals surface area contributed by atoms with Gasteiger partial charge in [-0.25, -0.2) is 22.5 Å². The minimum absolute atomic E-state index is 0.159. The van der Waals surface area contributed by atoms with Crippen LogP contribution in [0.2, 0.25) is 0 Å². The number of aromatic nitrogens is 3. The van der Waals surface area contributed by atoms with Gasteiger partial charge < -0.3 is 0 Å². The van der Waals surface area contributed by atoms with Gasteiger partial charge in [-0.05, 0) is 36.6 Å². The number of rotatable bonds is 5. The summed E-state index contributed by atoms with van der Waals surface area (Å²) in [4.78, 5) is 12.7. The van der Waals surface area contributed by atoms with Crippen molar-refractivity contribution in [2.75, 3.05) is 13.1 Å². The zero-order valence-electron chi connectivity index (χ0n) is 16.8. The van der Waals surface area contributed by atoms with Crippen LogP contribution in [0.4, 0.5) is 0 Å². The van der Waals surface area contributed by atoms with Gasteiger partial charge in [-0.15, -0.1) is 0 Å². The van der Waals surface area contributed by atoms with E-state index in [2.05, 4.69) is 5.10 Å². The van der Waals surface area contributed by atoms with Gasteiger partial charge in [-0.2, -0.15) is 9.40 Å². The molecule has 1 saturated heterocycles. The van der Waals surface area contributed by atoms with Crippen molar-refractivity contribution < 1.29 is 8.42 Å². The van der Waals surface area contributed by atoms with Crippen LogP contribution >= 0.6 is 0 Å². The van der Waals surface area contributed by atoms with Crippen molar-refractivity contribution in [3.63, 3.8) is 0 Å². The third kappa shape index (κ3) is 4.15. The molecule has 1 unspecified atom stereocenters. The standard InChI is InChI=1S/C22H24N4O3S/c1-24-22(27)26(20-12-6-3-7-13-20)21(23-24)19-11-8-15-25(17-19)30(28,29)16-14-18-9-4-2-5-10-18/h2-7,9-10,12-14,16,19H,8,11,15,17H2,1H3/b16-14+. The number of hydrogen-bond donors (Lipinski definition) is 0. The SMILES string of the molecule is Cn1nc(C2CCCN(S(=O)(=O)/C=C/c3ccccc3)C2)n(-c2ccccc2)c1=O. The second kappa shape index (κ2) is 8.41. The molecule has 0 N–H and O–H groups in total. The maximum Gasteiger partial charge on any atom is 0.350 e. The Balaban J connectivity index is 1.62. The molecule has 156 valence electrons. The van der Waals surface area contributed by atoms with Crippen LogP contribution in [0.3, 0.4) is 0 Å². The molecule has 2 heterocycles. The number of para-hydroxylation sites is 1. The monoisotopic (exact) mass is 424 g/mol. The van der Waals surface area contributed by atoms with Crippen molar-refractivity contribution in [3.05, 3.63) is 87.9 Å². The smallest absolute Gasteiger partial charge is 0.247 e. The summed E-state index contributed by atoms with van der Waals surface area (Å²) in [5.74, 6) is 0.438. The Hall–Kier alpha value is -2.97. The van der Waals surface area contributed by atoms with E-state index in [9.17, 15) is 13.2 Å². The molecule has 1 fully saturated rings. The molecule has 0 spiro atoms. The van der Waals surface area contributed by atoms with Crippen LogP contribution in [0, 0.1) is 0 Å². The van der Waals surface area contributed by atoms with Crippen molar-refractivity contribution in [1.29, 1.82) is 0 Å². The van der Waals surface area contributed by atoms with Crippen molar-refractivity contribution in [1.82, 2.24) is 18.7 Å². The number of hydrogen-bond acceptors (Lipinski definition) is 4. The van der Waals surface area contributed by atoms with Gasteiger partial charge in [0.25, 0.3) is 0 Å². The molecule has 7 nitrogen and oxygen atoms in total. The molecule has 1 aliphatic rings. The molecule has 30 heavy (non-hydrogen) atoms. The van der Waals surface area contributed by atoms with Gasteiger partial charge in [0, 0.05) is 31.5 Å². The first-order valence-electron chi connectivity index (χ1n) is 9.90. The Morgan fingerprint density at radius 1 is 1.03 bits per heavy atom. The van der Waals surface area contributed by atoms with E-state index in [1.54, 1.807) is 17.7 Å². The summed E-state index contributed by atoms with van der Waals surface area (Å²) < 4.78 is 30.2. The Bertz CT molecular complexity index is 1200. The van der Waals surface area contributed by atoms with Crippen molar-refractivity contribution >= 4 is 16.1 Å². The summed E-state index contributed by atoms with van der Waals surface area (Å²) in [5, 5.41) is 5.71. The van der Waals surface area contributed by atoms with Crippen LogP contribution < -0.4 is 5.69 Å². The van der Waals surface area contributed by atoms with E-state index in [4.69, 9.17) is 0 Å². The molecular formula is C22H24N4O3S. The molecule has 1 aliphatic heterocycles. The van der Waals surface area contributed by atoms with E-state index in [1.165, 1.54) is 14.4 Å². The zero-order valence-corrected chi connectivity index (χ0v) is 17.6. The summed E-state index contributed by atoms with van der Waals surface area (Å²) in [6.07, 6.45) is 3.10. The van der Waals surface area contributed by atoms with Gasteiger partial charge in [-0.3, -0.25) is 0 Å². The first-order chi connectivity index (χ1) is 14.5. The van der Waals surface area contributed by atoms with E-state index >= 15 is 0 Å². The Kier molecular flexibility index (Phi) is 5.69. The number of benzene rings is 2. The Morgan fingerprint density at radius 3 is 2.40 bits per heavy atom. The molecule has 0 aliphatic carbocycles. The van der Waals surface area contributed by atoms with Crippen molar-refractivity contribution in [3.8, 4) is 5.69 Å². The minimum atomic E-state index is -3.57. The van der Waals surface area contributed by atoms with E-state index < -0.39 is 10.0 Å².